The van der Waals surface area contributed by atoms with Crippen LogP contribution in [0.25, 0.3) is 6.08 Å². The molecule has 0 aliphatic carbocycles. The molecule has 1 fully saturated rings. The average Bonchev–Trinajstić information content (AvgIpc) is 2.76. The smallest absolute Gasteiger partial charge is 0.341 e. The Hall–Kier alpha value is -3.43. The summed E-state index contributed by atoms with van der Waals surface area (Å²) in [5.41, 5.74) is 1.86. The molecule has 2 aromatic rings. The number of nitrogens with one attached hydrogen (secondary N) is 1. The van der Waals surface area contributed by atoms with Gasteiger partial charge in [-0.3, -0.25) is 19.8 Å². The van der Waals surface area contributed by atoms with E-state index in [-0.39, 0.29) is 33.8 Å². The Bertz CT molecular complexity index is 1150. The van der Waals surface area contributed by atoms with E-state index in [1.54, 1.807) is 19.1 Å². The Balaban J connectivity index is 1.99. The van der Waals surface area contributed by atoms with Crippen LogP contribution in [-0.4, -0.2) is 41.2 Å². The van der Waals surface area contributed by atoms with E-state index < -0.39 is 24.4 Å². The first kappa shape index (κ1) is 24.2. The molecule has 0 saturated carbocycles. The van der Waals surface area contributed by atoms with E-state index >= 15 is 0 Å². The molecule has 2 aromatic carbocycles. The number of hydrogen-bond acceptors (Lipinski definition) is 6. The molecule has 0 unspecified atom stereocenters. The van der Waals surface area contributed by atoms with Crippen molar-refractivity contribution in [2.24, 2.45) is 0 Å². The molecular weight excluding hydrogens is 468 g/mol. The molecule has 1 aliphatic rings. The monoisotopic (exact) mass is 488 g/mol. The van der Waals surface area contributed by atoms with E-state index in [0.717, 1.165) is 12.0 Å². The van der Waals surface area contributed by atoms with Crippen LogP contribution in [0.5, 0.6) is 11.5 Å². The number of anilines is 1. The van der Waals surface area contributed by atoms with E-state index in [9.17, 15) is 14.4 Å². The van der Waals surface area contributed by atoms with Gasteiger partial charge in [-0.1, -0.05) is 30.7 Å². The Morgan fingerprint density at radius 3 is 2.48 bits per heavy atom. The van der Waals surface area contributed by atoms with Crippen LogP contribution in [0.1, 0.15) is 25.0 Å². The topological polar surface area (TPSA) is 105 Å². The van der Waals surface area contributed by atoms with Gasteiger partial charge in [0.1, 0.15) is 5.57 Å². The first-order valence-corrected chi connectivity index (χ1v) is 10.8. The lowest BCUT2D eigenvalue weighted by Crippen LogP contribution is -2.54. The van der Waals surface area contributed by atoms with Crippen LogP contribution in [0, 0.1) is 0 Å². The SMILES string of the molecule is CCOc1cc(/C=C2\C(=O)NC(=S)N(c3ccc(CC)cc3)C2=O)cc(Cl)c1OCC(=O)O. The molecule has 8 nitrogen and oxygen atoms in total. The fourth-order valence-corrected chi connectivity index (χ4v) is 3.70. The van der Waals surface area contributed by atoms with Crippen molar-refractivity contribution in [3.8, 4) is 11.5 Å². The fourth-order valence-electron chi connectivity index (χ4n) is 3.15. The molecule has 0 spiro atoms. The van der Waals surface area contributed by atoms with Crippen LogP contribution >= 0.6 is 23.8 Å². The van der Waals surface area contributed by atoms with Crippen molar-refractivity contribution in [1.29, 1.82) is 0 Å². The zero-order valence-corrected chi connectivity index (χ0v) is 19.5. The number of halogens is 1. The number of ether oxygens (including phenoxy) is 2. The third-order valence-corrected chi connectivity index (χ3v) is 5.25. The minimum atomic E-state index is -1.17. The summed E-state index contributed by atoms with van der Waals surface area (Å²) in [6, 6.07) is 10.2. The van der Waals surface area contributed by atoms with E-state index in [2.05, 4.69) is 5.32 Å². The molecule has 10 heteroatoms. The molecule has 33 heavy (non-hydrogen) atoms. The molecule has 3 rings (SSSR count). The average molecular weight is 489 g/mol. The fraction of sp³-hybridized carbons (Fsp3) is 0.217. The Morgan fingerprint density at radius 2 is 1.88 bits per heavy atom. The standard InChI is InChI=1S/C23H21ClN2O6S/c1-3-13-5-7-15(8-6-13)26-22(30)16(21(29)25-23(26)33)9-14-10-17(24)20(32-12-19(27)28)18(11-14)31-4-2/h5-11H,3-4,12H2,1-2H3,(H,27,28)(H,25,29,33)/b16-9+. The van der Waals surface area contributed by atoms with Gasteiger partial charge in [0.25, 0.3) is 11.8 Å². The molecule has 0 aromatic heterocycles. The highest BCUT2D eigenvalue weighted by molar-refractivity contribution is 7.80. The van der Waals surface area contributed by atoms with Crippen LogP contribution in [-0.2, 0) is 20.8 Å². The van der Waals surface area contributed by atoms with Crippen LogP contribution in [0.3, 0.4) is 0 Å². The molecule has 0 radical (unpaired) electrons. The van der Waals surface area contributed by atoms with E-state index in [1.807, 2.05) is 19.1 Å². The molecular formula is C23H21ClN2O6S. The van der Waals surface area contributed by atoms with E-state index in [1.165, 1.54) is 23.1 Å². The van der Waals surface area contributed by atoms with Crippen molar-refractivity contribution in [2.45, 2.75) is 20.3 Å². The van der Waals surface area contributed by atoms with Gasteiger partial charge in [0.2, 0.25) is 0 Å². The summed E-state index contributed by atoms with van der Waals surface area (Å²) < 4.78 is 10.7. The minimum Gasteiger partial charge on any atom is -0.490 e. The van der Waals surface area contributed by atoms with Crippen molar-refractivity contribution in [3.63, 3.8) is 0 Å². The third kappa shape index (κ3) is 5.50. The number of hydrogen-bond donors (Lipinski definition) is 2. The second-order valence-corrected chi connectivity index (χ2v) is 7.72. The predicted octanol–water partition coefficient (Wildman–Crippen LogP) is 3.60. The summed E-state index contributed by atoms with van der Waals surface area (Å²) in [7, 11) is 0. The van der Waals surface area contributed by atoms with Gasteiger partial charge in [-0.15, -0.1) is 0 Å². The van der Waals surface area contributed by atoms with Crippen molar-refractivity contribution in [1.82, 2.24) is 5.32 Å². The first-order valence-electron chi connectivity index (χ1n) is 10.1. The highest BCUT2D eigenvalue weighted by atomic mass is 35.5. The number of carboxylic acid groups (broad SMARTS) is 1. The largest absolute Gasteiger partial charge is 0.490 e. The van der Waals surface area contributed by atoms with Crippen molar-refractivity contribution in [2.75, 3.05) is 18.1 Å². The second kappa shape index (κ2) is 10.5. The van der Waals surface area contributed by atoms with Crippen LogP contribution in [0.15, 0.2) is 42.0 Å². The quantitative estimate of drug-likeness (QED) is 0.332. The maximum Gasteiger partial charge on any atom is 0.341 e. The third-order valence-electron chi connectivity index (χ3n) is 4.69. The van der Waals surface area contributed by atoms with Gasteiger partial charge in [-0.25, -0.2) is 4.79 Å². The number of carboxylic acids is 1. The summed E-state index contributed by atoms with van der Waals surface area (Å²) in [6.45, 7) is 3.41. The maximum absolute atomic E-state index is 13.2. The second-order valence-electron chi connectivity index (χ2n) is 6.92. The van der Waals surface area contributed by atoms with Gasteiger partial charge in [0.05, 0.1) is 17.3 Å². The van der Waals surface area contributed by atoms with Crippen molar-refractivity contribution >= 4 is 58.5 Å². The van der Waals surface area contributed by atoms with Gasteiger partial charge in [-0.2, -0.15) is 0 Å². The molecule has 0 bridgehead atoms. The summed E-state index contributed by atoms with van der Waals surface area (Å²) >= 11 is 11.5. The Morgan fingerprint density at radius 1 is 1.18 bits per heavy atom. The summed E-state index contributed by atoms with van der Waals surface area (Å²) in [6.07, 6.45) is 2.21. The lowest BCUT2D eigenvalue weighted by molar-refractivity contribution is -0.139. The van der Waals surface area contributed by atoms with Crippen LogP contribution < -0.4 is 19.7 Å². The summed E-state index contributed by atoms with van der Waals surface area (Å²) in [5.74, 6) is -2.17. The molecule has 1 saturated heterocycles. The van der Waals surface area contributed by atoms with Crippen molar-refractivity contribution in [3.05, 3.63) is 58.1 Å². The molecule has 172 valence electrons. The Labute approximate surface area is 200 Å². The van der Waals surface area contributed by atoms with Gasteiger partial charge in [-0.05, 0) is 67.0 Å². The predicted molar refractivity (Wildman–Crippen MR) is 128 cm³/mol. The normalized spacial score (nSPS) is 14.9. The number of thiocarbonyl (C=S) groups is 1. The lowest BCUT2D eigenvalue weighted by atomic mass is 10.1. The minimum absolute atomic E-state index is 0.0168. The van der Waals surface area contributed by atoms with Crippen molar-refractivity contribution < 1.29 is 29.0 Å². The highest BCUT2D eigenvalue weighted by Gasteiger charge is 2.34. The first-order chi connectivity index (χ1) is 15.7. The molecule has 2 amide bonds. The molecule has 1 heterocycles. The van der Waals surface area contributed by atoms with Crippen LogP contribution in [0.2, 0.25) is 5.02 Å². The lowest BCUT2D eigenvalue weighted by Gasteiger charge is -2.29. The summed E-state index contributed by atoms with van der Waals surface area (Å²) in [4.78, 5) is 37.9. The van der Waals surface area contributed by atoms with Gasteiger partial charge < -0.3 is 14.6 Å². The van der Waals surface area contributed by atoms with E-state index in [0.29, 0.717) is 11.3 Å². The Kier molecular flexibility index (Phi) is 7.67. The molecule has 0 atom stereocenters. The van der Waals surface area contributed by atoms with Gasteiger partial charge in [0, 0.05) is 0 Å². The van der Waals surface area contributed by atoms with E-state index in [4.69, 9.17) is 38.4 Å². The number of aryl methyl sites for hydroxylation is 1. The number of benzene rings is 2. The van der Waals surface area contributed by atoms with Gasteiger partial charge >= 0.3 is 5.97 Å². The number of carbonyl (C=O) groups excluding carboxylic acids is 2. The number of carbonyl (C=O) groups is 3. The highest BCUT2D eigenvalue weighted by Crippen LogP contribution is 2.37. The zero-order chi connectivity index (χ0) is 24.1. The maximum atomic E-state index is 13.2. The molecule has 1 aliphatic heterocycles. The molecule has 2 N–H and O–H groups in total. The summed E-state index contributed by atoms with van der Waals surface area (Å²) in [5, 5.41) is 11.5. The zero-order valence-electron chi connectivity index (χ0n) is 17.9. The van der Waals surface area contributed by atoms with Crippen LogP contribution in [0.4, 0.5) is 5.69 Å². The van der Waals surface area contributed by atoms with Gasteiger partial charge in [0.15, 0.2) is 23.2 Å². The number of aliphatic carboxylic acids is 1. The number of rotatable bonds is 8. The number of nitrogens with zero attached hydrogens (tertiary/aromatic N) is 1. The number of amides is 2.